The van der Waals surface area contributed by atoms with Crippen molar-refractivity contribution < 1.29 is 9.59 Å². The molecule has 1 aromatic heterocycles. The molecule has 2 aromatic rings. The Bertz CT molecular complexity index is 840. The second kappa shape index (κ2) is 6.35. The molecule has 0 spiro atoms. The molecule has 6 heteroatoms. The highest BCUT2D eigenvalue weighted by atomic mass is 16.2. The molecule has 1 aromatic carbocycles. The van der Waals surface area contributed by atoms with E-state index in [4.69, 9.17) is 0 Å². The number of nitrogens with one attached hydrogen (secondary N) is 2. The molecule has 0 fully saturated rings. The van der Waals surface area contributed by atoms with Crippen LogP contribution in [0.15, 0.2) is 24.4 Å². The molecule has 0 aliphatic heterocycles. The van der Waals surface area contributed by atoms with E-state index in [-0.39, 0.29) is 6.04 Å². The zero-order valence-corrected chi connectivity index (χ0v) is 14.3. The summed E-state index contributed by atoms with van der Waals surface area (Å²) in [6.45, 7) is 0. The van der Waals surface area contributed by atoms with Crippen molar-refractivity contribution in [2.45, 2.75) is 44.6 Å². The molecule has 2 N–H and O–H groups in total. The van der Waals surface area contributed by atoms with Crippen molar-refractivity contribution in [3.8, 4) is 0 Å². The van der Waals surface area contributed by atoms with E-state index in [0.717, 1.165) is 49.8 Å². The van der Waals surface area contributed by atoms with Gasteiger partial charge in [0.2, 0.25) is 0 Å². The number of aryl methyl sites for hydroxylation is 3. The van der Waals surface area contributed by atoms with E-state index in [1.807, 2.05) is 29.9 Å². The maximum absolute atomic E-state index is 12.3. The largest absolute Gasteiger partial charge is 0.341 e. The van der Waals surface area contributed by atoms with E-state index >= 15 is 0 Å². The van der Waals surface area contributed by atoms with Crippen LogP contribution in [0.2, 0.25) is 0 Å². The van der Waals surface area contributed by atoms with Gasteiger partial charge in [-0.2, -0.15) is 5.10 Å². The van der Waals surface area contributed by atoms with E-state index in [9.17, 15) is 9.59 Å². The predicted octanol–water partition coefficient (Wildman–Crippen LogP) is 2.04. The fraction of sp³-hybridized carbons (Fsp3) is 0.421. The Morgan fingerprint density at radius 3 is 2.84 bits per heavy atom. The molecule has 0 unspecified atom stereocenters. The van der Waals surface area contributed by atoms with Crippen molar-refractivity contribution in [2.75, 3.05) is 5.32 Å². The number of hydrogen-bond donors (Lipinski definition) is 2. The minimum Gasteiger partial charge on any atom is -0.341 e. The summed E-state index contributed by atoms with van der Waals surface area (Å²) in [6.07, 6.45) is 7.84. The van der Waals surface area contributed by atoms with Crippen molar-refractivity contribution in [3.63, 3.8) is 0 Å². The van der Waals surface area contributed by atoms with Crippen molar-refractivity contribution in [1.82, 2.24) is 15.1 Å². The molecule has 4 rings (SSSR count). The SMILES string of the molecule is Cn1ncc2c1CCC[C@H]2NC(=O)C(=O)Nc1ccc2c(c1)CCC2. The zero-order chi connectivity index (χ0) is 17.4. The van der Waals surface area contributed by atoms with Crippen LogP contribution in [0.3, 0.4) is 0 Å². The van der Waals surface area contributed by atoms with Crippen molar-refractivity contribution in [2.24, 2.45) is 7.05 Å². The van der Waals surface area contributed by atoms with Gasteiger partial charge in [0.1, 0.15) is 0 Å². The first-order valence-electron chi connectivity index (χ1n) is 8.86. The number of nitrogens with zero attached hydrogens (tertiary/aromatic N) is 2. The van der Waals surface area contributed by atoms with Crippen LogP contribution in [0.5, 0.6) is 0 Å². The fourth-order valence-electron chi connectivity index (χ4n) is 3.92. The quantitative estimate of drug-likeness (QED) is 0.823. The summed E-state index contributed by atoms with van der Waals surface area (Å²) in [4.78, 5) is 24.6. The molecule has 25 heavy (non-hydrogen) atoms. The van der Waals surface area contributed by atoms with Crippen LogP contribution in [0.4, 0.5) is 5.69 Å². The third-order valence-corrected chi connectivity index (χ3v) is 5.24. The van der Waals surface area contributed by atoms with Gasteiger partial charge in [0.05, 0.1) is 12.2 Å². The van der Waals surface area contributed by atoms with Crippen molar-refractivity contribution >= 4 is 17.5 Å². The van der Waals surface area contributed by atoms with Gasteiger partial charge in [0.25, 0.3) is 0 Å². The highest BCUT2D eigenvalue weighted by Gasteiger charge is 2.27. The third-order valence-electron chi connectivity index (χ3n) is 5.24. The number of rotatable bonds is 2. The predicted molar refractivity (Wildman–Crippen MR) is 94.1 cm³/mol. The molecule has 0 bridgehead atoms. The number of carbonyl (C=O) groups is 2. The van der Waals surface area contributed by atoms with E-state index in [2.05, 4.69) is 15.7 Å². The first-order valence-corrected chi connectivity index (χ1v) is 8.86. The number of anilines is 1. The van der Waals surface area contributed by atoms with Crippen molar-refractivity contribution in [3.05, 3.63) is 46.8 Å². The Kier molecular flexibility index (Phi) is 4.03. The van der Waals surface area contributed by atoms with Gasteiger partial charge < -0.3 is 10.6 Å². The second-order valence-electron chi connectivity index (χ2n) is 6.88. The first kappa shape index (κ1) is 15.9. The second-order valence-corrected chi connectivity index (χ2v) is 6.88. The van der Waals surface area contributed by atoms with E-state index in [0.29, 0.717) is 5.69 Å². The van der Waals surface area contributed by atoms with Gasteiger partial charge >= 0.3 is 11.8 Å². The summed E-state index contributed by atoms with van der Waals surface area (Å²) in [5.74, 6) is -1.21. The lowest BCUT2D eigenvalue weighted by Gasteiger charge is -2.23. The number of carbonyl (C=O) groups excluding carboxylic acids is 2. The average molecular weight is 338 g/mol. The van der Waals surface area contributed by atoms with Gasteiger partial charge in [-0.05, 0) is 61.8 Å². The maximum atomic E-state index is 12.3. The molecule has 1 atom stereocenters. The van der Waals surface area contributed by atoms with Crippen LogP contribution in [-0.4, -0.2) is 21.6 Å². The molecule has 1 heterocycles. The molecule has 2 amide bonds. The lowest BCUT2D eigenvalue weighted by atomic mass is 9.93. The van der Waals surface area contributed by atoms with E-state index < -0.39 is 11.8 Å². The van der Waals surface area contributed by atoms with Crippen LogP contribution in [-0.2, 0) is 35.9 Å². The summed E-state index contributed by atoms with van der Waals surface area (Å²) in [5, 5.41) is 9.84. The average Bonchev–Trinajstić information content (AvgIpc) is 3.22. The van der Waals surface area contributed by atoms with Crippen LogP contribution in [0, 0.1) is 0 Å². The van der Waals surface area contributed by atoms with Gasteiger partial charge in [-0.1, -0.05) is 6.07 Å². The Morgan fingerprint density at radius 1 is 1.12 bits per heavy atom. The van der Waals surface area contributed by atoms with Crippen LogP contribution in [0.25, 0.3) is 0 Å². The standard InChI is InChI=1S/C19H22N4O2/c1-23-17-7-3-6-16(15(17)11-20-23)22-19(25)18(24)21-14-9-8-12-4-2-5-13(12)10-14/h8-11,16H,2-7H2,1H3,(H,21,24)(H,22,25)/t16-/m1/s1. The Hall–Kier alpha value is -2.63. The number of fused-ring (bicyclic) bond motifs is 2. The smallest absolute Gasteiger partial charge is 0.313 e. The molecule has 130 valence electrons. The fourth-order valence-corrected chi connectivity index (χ4v) is 3.92. The topological polar surface area (TPSA) is 76.0 Å². The summed E-state index contributed by atoms with van der Waals surface area (Å²) >= 11 is 0. The van der Waals surface area contributed by atoms with Gasteiger partial charge in [-0.15, -0.1) is 0 Å². The highest BCUT2D eigenvalue weighted by molar-refractivity contribution is 6.39. The molecule has 2 aliphatic rings. The minimum atomic E-state index is -0.617. The molecule has 0 radical (unpaired) electrons. The van der Waals surface area contributed by atoms with Crippen LogP contribution < -0.4 is 10.6 Å². The first-order chi connectivity index (χ1) is 12.1. The number of hydrogen-bond acceptors (Lipinski definition) is 3. The molecular weight excluding hydrogens is 316 g/mol. The monoisotopic (exact) mass is 338 g/mol. The van der Waals surface area contributed by atoms with Crippen LogP contribution >= 0.6 is 0 Å². The van der Waals surface area contributed by atoms with Gasteiger partial charge in [-0.3, -0.25) is 14.3 Å². The Morgan fingerprint density at radius 2 is 1.96 bits per heavy atom. The summed E-state index contributed by atoms with van der Waals surface area (Å²) < 4.78 is 1.85. The highest BCUT2D eigenvalue weighted by Crippen LogP contribution is 2.29. The molecular formula is C19H22N4O2. The van der Waals surface area contributed by atoms with E-state index in [1.54, 1.807) is 6.20 Å². The number of aromatic nitrogens is 2. The zero-order valence-electron chi connectivity index (χ0n) is 14.3. The summed E-state index contributed by atoms with van der Waals surface area (Å²) in [5.41, 5.74) is 5.45. The number of benzene rings is 1. The minimum absolute atomic E-state index is 0.143. The summed E-state index contributed by atoms with van der Waals surface area (Å²) in [7, 11) is 1.91. The molecule has 2 aliphatic carbocycles. The van der Waals surface area contributed by atoms with Gasteiger partial charge in [0, 0.05) is 24.0 Å². The lowest BCUT2D eigenvalue weighted by molar-refractivity contribution is -0.136. The van der Waals surface area contributed by atoms with Crippen molar-refractivity contribution in [1.29, 1.82) is 0 Å². The molecule has 6 nitrogen and oxygen atoms in total. The van der Waals surface area contributed by atoms with Gasteiger partial charge in [0.15, 0.2) is 0 Å². The van der Waals surface area contributed by atoms with Gasteiger partial charge in [-0.25, -0.2) is 0 Å². The summed E-state index contributed by atoms with van der Waals surface area (Å²) in [6, 6.07) is 5.75. The Balaban J connectivity index is 1.42. The molecule has 0 saturated carbocycles. The van der Waals surface area contributed by atoms with E-state index in [1.165, 1.54) is 11.1 Å². The normalized spacial score (nSPS) is 18.4. The third kappa shape index (κ3) is 3.04. The lowest BCUT2D eigenvalue weighted by Crippen LogP contribution is -2.38. The van der Waals surface area contributed by atoms with Crippen LogP contribution in [0.1, 0.15) is 47.7 Å². The number of amides is 2. The molecule has 0 saturated heterocycles. The Labute approximate surface area is 146 Å². The maximum Gasteiger partial charge on any atom is 0.313 e.